The van der Waals surface area contributed by atoms with E-state index < -0.39 is 23.0 Å². The maximum absolute atomic E-state index is 13.8. The third-order valence-electron chi connectivity index (χ3n) is 5.18. The van der Waals surface area contributed by atoms with Crippen molar-refractivity contribution in [2.45, 2.75) is 26.9 Å². The molecule has 0 unspecified atom stereocenters. The van der Waals surface area contributed by atoms with Gasteiger partial charge in [-0.25, -0.2) is 13.6 Å². The second kappa shape index (κ2) is 10.4. The molecule has 1 aromatic heterocycles. The van der Waals surface area contributed by atoms with Gasteiger partial charge < -0.3 is 18.6 Å². The third kappa shape index (κ3) is 5.32. The van der Waals surface area contributed by atoms with Crippen LogP contribution in [0, 0.1) is 18.6 Å². The van der Waals surface area contributed by atoms with Crippen molar-refractivity contribution >= 4 is 16.9 Å². The number of aryl methyl sites for hydroxylation is 1. The summed E-state index contributed by atoms with van der Waals surface area (Å²) in [5, 5.41) is 0.245. The van der Waals surface area contributed by atoms with Crippen LogP contribution < -0.4 is 14.9 Å². The number of halogens is 2. The molecule has 0 radical (unpaired) electrons. The topological polar surface area (TPSA) is 75.0 Å². The van der Waals surface area contributed by atoms with Gasteiger partial charge in [0.25, 0.3) is 0 Å². The molecule has 4 rings (SSSR count). The molecule has 6 nitrogen and oxygen atoms in total. The molecule has 0 bridgehead atoms. The van der Waals surface area contributed by atoms with Gasteiger partial charge in [0.1, 0.15) is 41.1 Å². The first kappa shape index (κ1) is 23.9. The molecular weight excluding hydrogens is 458 g/mol. The molecule has 0 aliphatic carbocycles. The molecule has 0 atom stereocenters. The van der Waals surface area contributed by atoms with Gasteiger partial charge in [0, 0.05) is 6.07 Å². The molecule has 3 aromatic carbocycles. The third-order valence-corrected chi connectivity index (χ3v) is 5.18. The summed E-state index contributed by atoms with van der Waals surface area (Å²) in [5.74, 6) is -0.995. The lowest BCUT2D eigenvalue weighted by Crippen LogP contribution is -2.08. The van der Waals surface area contributed by atoms with E-state index in [0.717, 1.165) is 18.6 Å². The van der Waals surface area contributed by atoms with E-state index in [4.69, 9.17) is 18.6 Å². The Morgan fingerprint density at radius 2 is 1.66 bits per heavy atom. The van der Waals surface area contributed by atoms with Crippen LogP contribution in [0.5, 0.6) is 17.2 Å². The smallest absolute Gasteiger partial charge is 0.338 e. The first-order valence-electron chi connectivity index (χ1n) is 11.0. The van der Waals surface area contributed by atoms with Gasteiger partial charge in [0.2, 0.25) is 11.2 Å². The highest BCUT2D eigenvalue weighted by atomic mass is 19.1. The number of rotatable bonds is 8. The van der Waals surface area contributed by atoms with Crippen LogP contribution in [0.3, 0.4) is 0 Å². The van der Waals surface area contributed by atoms with E-state index in [0.29, 0.717) is 17.9 Å². The molecule has 35 heavy (non-hydrogen) atoms. The largest absolute Gasteiger partial charge is 0.489 e. The van der Waals surface area contributed by atoms with Crippen molar-refractivity contribution in [3.63, 3.8) is 0 Å². The number of benzene rings is 3. The van der Waals surface area contributed by atoms with Crippen LogP contribution in [0.1, 0.15) is 35.0 Å². The maximum Gasteiger partial charge on any atom is 0.338 e. The number of ether oxygens (including phenoxy) is 3. The van der Waals surface area contributed by atoms with E-state index >= 15 is 0 Å². The molecule has 0 spiro atoms. The SMILES string of the molecule is CCCOC(=O)c1ccc(Oc2c(C)oc3cc(OCc4c(F)cccc4F)ccc3c2=O)cc1. The van der Waals surface area contributed by atoms with Crippen LogP contribution in [-0.2, 0) is 11.3 Å². The quantitative estimate of drug-likeness (QED) is 0.275. The zero-order valence-corrected chi connectivity index (χ0v) is 19.1. The average molecular weight is 480 g/mol. The summed E-state index contributed by atoms with van der Waals surface area (Å²) < 4.78 is 49.8. The van der Waals surface area contributed by atoms with Crippen molar-refractivity contribution < 1.29 is 32.2 Å². The van der Waals surface area contributed by atoms with Gasteiger partial charge in [-0.2, -0.15) is 0 Å². The molecule has 0 saturated carbocycles. The van der Waals surface area contributed by atoms with E-state index in [1.807, 2.05) is 6.92 Å². The second-order valence-corrected chi connectivity index (χ2v) is 7.73. The molecule has 0 amide bonds. The Labute approximate surface area is 199 Å². The highest BCUT2D eigenvalue weighted by molar-refractivity contribution is 5.89. The maximum atomic E-state index is 13.8. The van der Waals surface area contributed by atoms with Crippen LogP contribution in [0.2, 0.25) is 0 Å². The summed E-state index contributed by atoms with van der Waals surface area (Å²) in [4.78, 5) is 25.0. The van der Waals surface area contributed by atoms with Crippen LogP contribution in [0.25, 0.3) is 11.0 Å². The van der Waals surface area contributed by atoms with Crippen molar-refractivity contribution in [1.29, 1.82) is 0 Å². The second-order valence-electron chi connectivity index (χ2n) is 7.73. The molecule has 1 heterocycles. The van der Waals surface area contributed by atoms with Gasteiger partial charge in [0.05, 0.1) is 23.1 Å². The molecule has 4 aromatic rings. The highest BCUT2D eigenvalue weighted by Crippen LogP contribution is 2.28. The normalized spacial score (nSPS) is 10.9. The van der Waals surface area contributed by atoms with Crippen molar-refractivity contribution in [3.8, 4) is 17.2 Å². The summed E-state index contributed by atoms with van der Waals surface area (Å²) in [6, 6.07) is 14.3. The summed E-state index contributed by atoms with van der Waals surface area (Å²) in [6.45, 7) is 3.50. The number of carbonyl (C=O) groups is 1. The predicted octanol–water partition coefficient (Wildman–Crippen LogP) is 6.32. The van der Waals surface area contributed by atoms with Crippen molar-refractivity contribution in [2.75, 3.05) is 6.61 Å². The van der Waals surface area contributed by atoms with Gasteiger partial charge in [-0.1, -0.05) is 13.0 Å². The molecule has 0 aliphatic rings. The number of carbonyl (C=O) groups excluding carboxylic acids is 1. The van der Waals surface area contributed by atoms with Crippen molar-refractivity contribution in [3.05, 3.63) is 99.4 Å². The van der Waals surface area contributed by atoms with Crippen molar-refractivity contribution in [1.82, 2.24) is 0 Å². The highest BCUT2D eigenvalue weighted by Gasteiger charge is 2.16. The molecular formula is C27H22F2O6. The Kier molecular flexibility index (Phi) is 7.10. The van der Waals surface area contributed by atoms with E-state index in [9.17, 15) is 18.4 Å². The fraction of sp³-hybridized carbons (Fsp3) is 0.185. The summed E-state index contributed by atoms with van der Waals surface area (Å²) in [6.07, 6.45) is 0.724. The molecule has 0 saturated heterocycles. The Balaban J connectivity index is 1.54. The first-order chi connectivity index (χ1) is 16.9. The average Bonchev–Trinajstić information content (AvgIpc) is 2.85. The number of hydrogen-bond donors (Lipinski definition) is 0. The molecule has 8 heteroatoms. The Hall–Kier alpha value is -4.20. The Morgan fingerprint density at radius 3 is 2.34 bits per heavy atom. The lowest BCUT2D eigenvalue weighted by molar-refractivity contribution is 0.0505. The molecule has 0 aliphatic heterocycles. The zero-order chi connectivity index (χ0) is 24.9. The van der Waals surface area contributed by atoms with Crippen molar-refractivity contribution in [2.24, 2.45) is 0 Å². The van der Waals surface area contributed by atoms with Gasteiger partial charge in [0.15, 0.2) is 0 Å². The fourth-order valence-electron chi connectivity index (χ4n) is 3.36. The molecule has 180 valence electrons. The lowest BCUT2D eigenvalue weighted by Gasteiger charge is -2.11. The van der Waals surface area contributed by atoms with E-state index in [1.54, 1.807) is 31.2 Å². The number of esters is 1. The lowest BCUT2D eigenvalue weighted by atomic mass is 10.2. The van der Waals surface area contributed by atoms with E-state index in [-0.39, 0.29) is 40.4 Å². The number of hydrogen-bond acceptors (Lipinski definition) is 6. The predicted molar refractivity (Wildman–Crippen MR) is 125 cm³/mol. The van der Waals surface area contributed by atoms with E-state index in [1.165, 1.54) is 24.3 Å². The van der Waals surface area contributed by atoms with E-state index in [2.05, 4.69) is 0 Å². The van der Waals surface area contributed by atoms with Crippen LogP contribution in [0.4, 0.5) is 8.78 Å². The first-order valence-corrected chi connectivity index (χ1v) is 11.0. The van der Waals surface area contributed by atoms with Crippen LogP contribution in [0.15, 0.2) is 69.9 Å². The fourth-order valence-corrected chi connectivity index (χ4v) is 3.36. The number of fused-ring (bicyclic) bond motifs is 1. The van der Waals surface area contributed by atoms with Gasteiger partial charge >= 0.3 is 5.97 Å². The standard InChI is InChI=1S/C27H22F2O6/c1-3-13-32-27(31)17-7-9-18(10-8-17)35-26-16(2)34-24-14-19(11-12-20(24)25(26)30)33-15-21-22(28)5-4-6-23(21)29/h4-12,14H,3,13,15H2,1-2H3. The minimum absolute atomic E-state index is 0.000839. The minimum Gasteiger partial charge on any atom is -0.489 e. The molecule has 0 fully saturated rings. The monoisotopic (exact) mass is 480 g/mol. The summed E-state index contributed by atoms with van der Waals surface area (Å²) in [7, 11) is 0. The zero-order valence-electron chi connectivity index (χ0n) is 19.1. The Morgan fingerprint density at radius 1 is 0.971 bits per heavy atom. The summed E-state index contributed by atoms with van der Waals surface area (Å²) in [5.41, 5.74) is 0.0109. The van der Waals surface area contributed by atoms with Crippen LogP contribution in [-0.4, -0.2) is 12.6 Å². The molecule has 0 N–H and O–H groups in total. The van der Waals surface area contributed by atoms with Gasteiger partial charge in [-0.05, 0) is 61.9 Å². The van der Waals surface area contributed by atoms with Crippen LogP contribution >= 0.6 is 0 Å². The van der Waals surface area contributed by atoms with Gasteiger partial charge in [-0.3, -0.25) is 4.79 Å². The Bertz CT molecular complexity index is 1410. The van der Waals surface area contributed by atoms with Gasteiger partial charge in [-0.15, -0.1) is 0 Å². The summed E-state index contributed by atoms with van der Waals surface area (Å²) >= 11 is 0. The minimum atomic E-state index is -0.708.